The Hall–Kier alpha value is -1.10. The van der Waals surface area contributed by atoms with Gasteiger partial charge in [-0.15, -0.1) is 0 Å². The van der Waals surface area contributed by atoms with Gasteiger partial charge < -0.3 is 15.5 Å². The standard InChI is InChI=1S/C10H19N3O2/c1-4-12-8(3)10(15)13(6-9(12)14)7(2)5-11/h7-8H,4-6,11H2,1-3H3. The molecule has 5 heteroatoms. The first kappa shape index (κ1) is 12.0. The number of hydrogen-bond acceptors (Lipinski definition) is 3. The van der Waals surface area contributed by atoms with E-state index in [0.717, 1.165) is 0 Å². The topological polar surface area (TPSA) is 66.6 Å². The number of carbonyl (C=O) groups is 2. The lowest BCUT2D eigenvalue weighted by molar-refractivity contribution is -0.156. The molecule has 0 aromatic carbocycles. The van der Waals surface area contributed by atoms with E-state index in [9.17, 15) is 9.59 Å². The van der Waals surface area contributed by atoms with Gasteiger partial charge in [-0.2, -0.15) is 0 Å². The van der Waals surface area contributed by atoms with Gasteiger partial charge in [0.2, 0.25) is 11.8 Å². The maximum atomic E-state index is 11.9. The van der Waals surface area contributed by atoms with Gasteiger partial charge in [0.1, 0.15) is 12.6 Å². The molecule has 0 aromatic heterocycles. The predicted octanol–water partition coefficient (Wildman–Crippen LogP) is -0.587. The molecule has 1 aliphatic heterocycles. The highest BCUT2D eigenvalue weighted by molar-refractivity contribution is 5.94. The van der Waals surface area contributed by atoms with E-state index in [2.05, 4.69) is 0 Å². The van der Waals surface area contributed by atoms with Crippen LogP contribution in [0.25, 0.3) is 0 Å². The summed E-state index contributed by atoms with van der Waals surface area (Å²) in [4.78, 5) is 26.8. The van der Waals surface area contributed by atoms with Crippen LogP contribution in [-0.2, 0) is 9.59 Å². The highest BCUT2D eigenvalue weighted by atomic mass is 16.2. The molecule has 0 spiro atoms. The first-order valence-electron chi connectivity index (χ1n) is 5.32. The maximum Gasteiger partial charge on any atom is 0.245 e. The average molecular weight is 213 g/mol. The molecule has 0 bridgehead atoms. The molecular weight excluding hydrogens is 194 g/mol. The number of nitrogens with zero attached hydrogens (tertiary/aromatic N) is 2. The van der Waals surface area contributed by atoms with E-state index in [1.165, 1.54) is 0 Å². The molecule has 1 rings (SSSR count). The van der Waals surface area contributed by atoms with E-state index in [0.29, 0.717) is 13.1 Å². The van der Waals surface area contributed by atoms with Crippen molar-refractivity contribution >= 4 is 11.8 Å². The van der Waals surface area contributed by atoms with E-state index in [-0.39, 0.29) is 30.4 Å². The monoisotopic (exact) mass is 213 g/mol. The molecular formula is C10H19N3O2. The lowest BCUT2D eigenvalue weighted by atomic mass is 10.1. The van der Waals surface area contributed by atoms with Gasteiger partial charge in [-0.25, -0.2) is 0 Å². The molecule has 15 heavy (non-hydrogen) atoms. The smallest absolute Gasteiger partial charge is 0.245 e. The maximum absolute atomic E-state index is 11.9. The van der Waals surface area contributed by atoms with E-state index < -0.39 is 0 Å². The van der Waals surface area contributed by atoms with Crippen molar-refractivity contribution in [1.82, 2.24) is 9.80 Å². The molecule has 86 valence electrons. The van der Waals surface area contributed by atoms with E-state index in [1.807, 2.05) is 13.8 Å². The zero-order valence-corrected chi connectivity index (χ0v) is 9.56. The van der Waals surface area contributed by atoms with Crippen molar-refractivity contribution in [1.29, 1.82) is 0 Å². The fourth-order valence-corrected chi connectivity index (χ4v) is 1.85. The van der Waals surface area contributed by atoms with Crippen LogP contribution in [0.1, 0.15) is 20.8 Å². The van der Waals surface area contributed by atoms with E-state index >= 15 is 0 Å². The first-order chi connectivity index (χ1) is 7.02. The van der Waals surface area contributed by atoms with Crippen LogP contribution >= 0.6 is 0 Å². The van der Waals surface area contributed by atoms with Gasteiger partial charge in [0.25, 0.3) is 0 Å². The first-order valence-corrected chi connectivity index (χ1v) is 5.32. The highest BCUT2D eigenvalue weighted by Gasteiger charge is 2.37. The molecule has 2 unspecified atom stereocenters. The van der Waals surface area contributed by atoms with Crippen molar-refractivity contribution in [3.8, 4) is 0 Å². The third-order valence-corrected chi connectivity index (χ3v) is 2.95. The van der Waals surface area contributed by atoms with Crippen molar-refractivity contribution in [2.45, 2.75) is 32.9 Å². The van der Waals surface area contributed by atoms with Gasteiger partial charge in [0.15, 0.2) is 0 Å². The minimum Gasteiger partial charge on any atom is -0.330 e. The van der Waals surface area contributed by atoms with Crippen molar-refractivity contribution in [2.24, 2.45) is 5.73 Å². The second-order valence-corrected chi connectivity index (χ2v) is 3.91. The number of amides is 2. The van der Waals surface area contributed by atoms with Gasteiger partial charge in [-0.1, -0.05) is 0 Å². The molecule has 2 amide bonds. The van der Waals surface area contributed by atoms with E-state index in [1.54, 1.807) is 16.7 Å². The number of rotatable bonds is 3. The van der Waals surface area contributed by atoms with Crippen molar-refractivity contribution in [2.75, 3.05) is 19.6 Å². The van der Waals surface area contributed by atoms with E-state index in [4.69, 9.17) is 5.73 Å². The van der Waals surface area contributed by atoms with Crippen LogP contribution in [0.2, 0.25) is 0 Å². The second kappa shape index (κ2) is 4.61. The molecule has 1 saturated heterocycles. The van der Waals surface area contributed by atoms with Gasteiger partial charge in [0.05, 0.1) is 0 Å². The Morgan fingerprint density at radius 2 is 2.13 bits per heavy atom. The minimum absolute atomic E-state index is 0.00454. The normalized spacial score (nSPS) is 24.7. The summed E-state index contributed by atoms with van der Waals surface area (Å²) in [6, 6.07) is -0.423. The van der Waals surface area contributed by atoms with Crippen molar-refractivity contribution < 1.29 is 9.59 Å². The fraction of sp³-hybridized carbons (Fsp3) is 0.800. The summed E-state index contributed by atoms with van der Waals surface area (Å²) in [6.45, 7) is 6.63. The molecule has 0 aliphatic carbocycles. The summed E-state index contributed by atoms with van der Waals surface area (Å²) in [6.07, 6.45) is 0. The van der Waals surface area contributed by atoms with Gasteiger partial charge in [-0.05, 0) is 20.8 Å². The molecule has 0 radical (unpaired) electrons. The van der Waals surface area contributed by atoms with Gasteiger partial charge >= 0.3 is 0 Å². The molecule has 1 heterocycles. The number of nitrogens with two attached hydrogens (primary N) is 1. The number of piperazine rings is 1. The SMILES string of the molecule is CCN1C(=O)CN(C(C)CN)C(=O)C1C. The van der Waals surface area contributed by atoms with Gasteiger partial charge in [0, 0.05) is 19.1 Å². The summed E-state index contributed by atoms with van der Waals surface area (Å²) < 4.78 is 0. The van der Waals surface area contributed by atoms with Crippen LogP contribution in [0.3, 0.4) is 0 Å². The summed E-state index contributed by atoms with van der Waals surface area (Å²) in [5.41, 5.74) is 5.50. The Labute approximate surface area is 90.2 Å². The molecule has 0 aromatic rings. The Morgan fingerprint density at radius 1 is 1.53 bits per heavy atom. The zero-order valence-electron chi connectivity index (χ0n) is 9.56. The third kappa shape index (κ3) is 2.12. The molecule has 1 aliphatic rings. The Kier molecular flexibility index (Phi) is 3.68. The second-order valence-electron chi connectivity index (χ2n) is 3.91. The number of hydrogen-bond donors (Lipinski definition) is 1. The summed E-state index contributed by atoms with van der Waals surface area (Å²) in [5.74, 6) is -0.000648. The molecule has 2 N–H and O–H groups in total. The highest BCUT2D eigenvalue weighted by Crippen LogP contribution is 2.14. The van der Waals surface area contributed by atoms with Crippen LogP contribution in [0, 0.1) is 0 Å². The molecule has 2 atom stereocenters. The Balaban J connectivity index is 2.82. The minimum atomic E-state index is -0.356. The van der Waals surface area contributed by atoms with Crippen LogP contribution < -0.4 is 5.73 Å². The van der Waals surface area contributed by atoms with Gasteiger partial charge in [-0.3, -0.25) is 9.59 Å². The van der Waals surface area contributed by atoms with Crippen LogP contribution in [0.15, 0.2) is 0 Å². The summed E-state index contributed by atoms with van der Waals surface area (Å²) in [5, 5.41) is 0. The average Bonchev–Trinajstić information content (AvgIpc) is 2.23. The lowest BCUT2D eigenvalue weighted by Gasteiger charge is -2.40. The quantitative estimate of drug-likeness (QED) is 0.681. The Bertz CT molecular complexity index is 267. The molecule has 0 saturated carbocycles. The van der Waals surface area contributed by atoms with Crippen molar-refractivity contribution in [3.05, 3.63) is 0 Å². The molecule has 5 nitrogen and oxygen atoms in total. The Morgan fingerprint density at radius 3 is 2.60 bits per heavy atom. The molecule has 1 fully saturated rings. The van der Waals surface area contributed by atoms with Crippen molar-refractivity contribution in [3.63, 3.8) is 0 Å². The van der Waals surface area contributed by atoms with Crippen LogP contribution in [0.5, 0.6) is 0 Å². The summed E-state index contributed by atoms with van der Waals surface area (Å²) in [7, 11) is 0. The fourth-order valence-electron chi connectivity index (χ4n) is 1.85. The third-order valence-electron chi connectivity index (χ3n) is 2.95. The largest absolute Gasteiger partial charge is 0.330 e. The lowest BCUT2D eigenvalue weighted by Crippen LogP contribution is -2.61. The number of likely N-dealkylation sites (N-methyl/N-ethyl adjacent to an activating group) is 1. The zero-order chi connectivity index (χ0) is 11.6. The summed E-state index contributed by atoms with van der Waals surface area (Å²) >= 11 is 0. The number of carbonyl (C=O) groups excluding carboxylic acids is 2. The van der Waals surface area contributed by atoms with Crippen LogP contribution in [-0.4, -0.2) is 53.3 Å². The predicted molar refractivity (Wildman–Crippen MR) is 57.1 cm³/mol. The van der Waals surface area contributed by atoms with Crippen LogP contribution in [0.4, 0.5) is 0 Å².